The molecule has 0 radical (unpaired) electrons. The first-order chi connectivity index (χ1) is 11.7. The molecule has 26 heavy (non-hydrogen) atoms. The number of nitrogens with zero attached hydrogens (tertiary/aromatic N) is 2. The van der Waals surface area contributed by atoms with Crippen LogP contribution < -0.4 is 5.73 Å². The molecule has 0 aliphatic carbocycles. The Morgan fingerprint density at radius 3 is 1.54 bits per heavy atom. The second-order valence-electron chi connectivity index (χ2n) is 6.54. The van der Waals surface area contributed by atoms with Gasteiger partial charge in [-0.15, -0.1) is 24.8 Å². The maximum absolute atomic E-state index is 11.9. The van der Waals surface area contributed by atoms with Gasteiger partial charge in [0.1, 0.15) is 0 Å². The van der Waals surface area contributed by atoms with Crippen molar-refractivity contribution in [3.05, 3.63) is 71.8 Å². The van der Waals surface area contributed by atoms with E-state index >= 15 is 0 Å². The summed E-state index contributed by atoms with van der Waals surface area (Å²) in [5.41, 5.74) is 8.21. The first-order valence-corrected chi connectivity index (χ1v) is 8.52. The van der Waals surface area contributed by atoms with Crippen LogP contribution in [0.25, 0.3) is 0 Å². The molecule has 142 valence electrons. The lowest BCUT2D eigenvalue weighted by Crippen LogP contribution is -2.38. The Bertz CT molecular complexity index is 603. The van der Waals surface area contributed by atoms with Crippen LogP contribution in [0, 0.1) is 5.92 Å². The molecule has 1 amide bonds. The van der Waals surface area contributed by atoms with Crippen molar-refractivity contribution < 1.29 is 4.79 Å². The number of carbonyl (C=O) groups excluding carboxylic acids is 1. The second kappa shape index (κ2) is 11.2. The zero-order valence-electron chi connectivity index (χ0n) is 14.8. The third-order valence-electron chi connectivity index (χ3n) is 4.59. The minimum Gasteiger partial charge on any atom is -0.369 e. The molecular weight excluding hydrogens is 369 g/mol. The Balaban J connectivity index is 0.00000169. The zero-order chi connectivity index (χ0) is 16.8. The number of amides is 1. The van der Waals surface area contributed by atoms with Crippen molar-refractivity contribution in [3.8, 4) is 0 Å². The van der Waals surface area contributed by atoms with Crippen LogP contribution in [-0.2, 0) is 17.9 Å². The molecule has 4 nitrogen and oxygen atoms in total. The average Bonchev–Trinajstić information content (AvgIpc) is 2.79. The van der Waals surface area contributed by atoms with Gasteiger partial charge in [-0.3, -0.25) is 14.6 Å². The molecule has 0 unspecified atom stereocenters. The Kier molecular flexibility index (Phi) is 9.66. The summed E-state index contributed by atoms with van der Waals surface area (Å²) in [6.45, 7) is 5.09. The van der Waals surface area contributed by atoms with Gasteiger partial charge in [-0.2, -0.15) is 0 Å². The highest BCUT2D eigenvalue weighted by molar-refractivity contribution is 5.85. The van der Waals surface area contributed by atoms with Gasteiger partial charge in [-0.25, -0.2) is 0 Å². The summed E-state index contributed by atoms with van der Waals surface area (Å²) in [6.07, 6.45) is 0. The van der Waals surface area contributed by atoms with E-state index in [4.69, 9.17) is 5.73 Å². The van der Waals surface area contributed by atoms with Crippen molar-refractivity contribution in [2.75, 3.05) is 26.2 Å². The van der Waals surface area contributed by atoms with Crippen molar-refractivity contribution in [1.29, 1.82) is 0 Å². The summed E-state index contributed by atoms with van der Waals surface area (Å²) in [5.74, 6) is -0.326. The molecule has 2 N–H and O–H groups in total. The largest absolute Gasteiger partial charge is 0.369 e. The number of carbonyl (C=O) groups is 1. The lowest BCUT2D eigenvalue weighted by Gasteiger charge is -2.22. The highest BCUT2D eigenvalue weighted by Gasteiger charge is 2.26. The number of hydrogen-bond donors (Lipinski definition) is 1. The van der Waals surface area contributed by atoms with Crippen LogP contribution in [0.4, 0.5) is 0 Å². The van der Waals surface area contributed by atoms with E-state index in [9.17, 15) is 4.79 Å². The van der Waals surface area contributed by atoms with E-state index in [0.717, 1.165) is 39.3 Å². The Labute approximate surface area is 168 Å². The molecule has 6 heteroatoms. The van der Waals surface area contributed by atoms with E-state index in [-0.39, 0.29) is 36.6 Å². The summed E-state index contributed by atoms with van der Waals surface area (Å²) in [7, 11) is 0. The smallest absolute Gasteiger partial charge is 0.223 e. The number of primary amides is 1. The third kappa shape index (κ3) is 6.61. The molecule has 2 aromatic rings. The highest BCUT2D eigenvalue weighted by atomic mass is 35.5. The summed E-state index contributed by atoms with van der Waals surface area (Å²) < 4.78 is 0. The van der Waals surface area contributed by atoms with Gasteiger partial charge in [0.05, 0.1) is 5.92 Å². The SMILES string of the molecule is Cl.Cl.NC(=O)C1CN(Cc2ccccc2)CCN(Cc2ccccc2)C1. The Hall–Kier alpha value is -1.59. The fraction of sp³-hybridized carbons (Fsp3) is 0.350. The predicted octanol–water partition coefficient (Wildman–Crippen LogP) is 2.95. The van der Waals surface area contributed by atoms with Gasteiger partial charge in [0.2, 0.25) is 5.91 Å². The van der Waals surface area contributed by atoms with Crippen LogP contribution in [0.2, 0.25) is 0 Å². The third-order valence-corrected chi connectivity index (χ3v) is 4.59. The quantitative estimate of drug-likeness (QED) is 0.846. The lowest BCUT2D eigenvalue weighted by molar-refractivity contribution is -0.122. The number of nitrogens with two attached hydrogens (primary N) is 1. The first-order valence-electron chi connectivity index (χ1n) is 8.52. The molecule has 0 spiro atoms. The predicted molar refractivity (Wildman–Crippen MR) is 111 cm³/mol. The second-order valence-corrected chi connectivity index (χ2v) is 6.54. The summed E-state index contributed by atoms with van der Waals surface area (Å²) in [6, 6.07) is 20.8. The highest BCUT2D eigenvalue weighted by Crippen LogP contribution is 2.15. The molecule has 1 aliphatic heterocycles. The Morgan fingerprint density at radius 1 is 0.808 bits per heavy atom. The molecule has 1 heterocycles. The maximum Gasteiger partial charge on any atom is 0.223 e. The van der Waals surface area contributed by atoms with E-state index < -0.39 is 0 Å². The van der Waals surface area contributed by atoms with E-state index in [1.807, 2.05) is 12.1 Å². The normalized spacial score (nSPS) is 16.2. The fourth-order valence-corrected chi connectivity index (χ4v) is 3.30. The topological polar surface area (TPSA) is 49.6 Å². The van der Waals surface area contributed by atoms with Gasteiger partial charge in [0.15, 0.2) is 0 Å². The van der Waals surface area contributed by atoms with Gasteiger partial charge in [-0.05, 0) is 11.1 Å². The monoisotopic (exact) mass is 395 g/mol. The minimum absolute atomic E-state index is 0. The number of halogens is 2. The molecule has 0 atom stereocenters. The fourth-order valence-electron chi connectivity index (χ4n) is 3.30. The van der Waals surface area contributed by atoms with Crippen LogP contribution in [0.1, 0.15) is 11.1 Å². The molecule has 0 bridgehead atoms. The van der Waals surface area contributed by atoms with E-state index in [0.29, 0.717) is 0 Å². The molecule has 3 rings (SSSR count). The van der Waals surface area contributed by atoms with Crippen LogP contribution in [0.5, 0.6) is 0 Å². The molecule has 2 aromatic carbocycles. The minimum atomic E-state index is -0.201. The van der Waals surface area contributed by atoms with Crippen LogP contribution in [0.15, 0.2) is 60.7 Å². The van der Waals surface area contributed by atoms with Gasteiger partial charge < -0.3 is 5.73 Å². The molecule has 1 aliphatic rings. The van der Waals surface area contributed by atoms with Crippen molar-refractivity contribution >= 4 is 30.7 Å². The maximum atomic E-state index is 11.9. The van der Waals surface area contributed by atoms with E-state index in [1.165, 1.54) is 11.1 Å². The van der Waals surface area contributed by atoms with Crippen LogP contribution in [0.3, 0.4) is 0 Å². The molecule has 1 saturated heterocycles. The van der Waals surface area contributed by atoms with Crippen LogP contribution >= 0.6 is 24.8 Å². The standard InChI is InChI=1S/C20H25N3O.2ClH/c21-20(24)19-15-22(13-17-7-3-1-4-8-17)11-12-23(16-19)14-18-9-5-2-6-10-18;;/h1-10,19H,11-16H2,(H2,21,24);2*1H. The van der Waals surface area contributed by atoms with E-state index in [2.05, 4.69) is 58.3 Å². The van der Waals surface area contributed by atoms with Gasteiger partial charge in [0, 0.05) is 39.3 Å². The summed E-state index contributed by atoms with van der Waals surface area (Å²) in [5, 5.41) is 0. The van der Waals surface area contributed by atoms with E-state index in [1.54, 1.807) is 0 Å². The molecule has 0 aromatic heterocycles. The summed E-state index contributed by atoms with van der Waals surface area (Å²) >= 11 is 0. The van der Waals surface area contributed by atoms with Gasteiger partial charge in [0.25, 0.3) is 0 Å². The summed E-state index contributed by atoms with van der Waals surface area (Å²) in [4.78, 5) is 16.6. The van der Waals surface area contributed by atoms with Crippen molar-refractivity contribution in [2.45, 2.75) is 13.1 Å². The number of hydrogen-bond acceptors (Lipinski definition) is 3. The van der Waals surface area contributed by atoms with Crippen molar-refractivity contribution in [1.82, 2.24) is 9.80 Å². The van der Waals surface area contributed by atoms with Crippen molar-refractivity contribution in [2.24, 2.45) is 11.7 Å². The molecule has 1 fully saturated rings. The zero-order valence-corrected chi connectivity index (χ0v) is 16.4. The first kappa shape index (κ1) is 22.5. The molecular formula is C20H27Cl2N3O. The molecule has 0 saturated carbocycles. The van der Waals surface area contributed by atoms with Crippen molar-refractivity contribution in [3.63, 3.8) is 0 Å². The number of benzene rings is 2. The Morgan fingerprint density at radius 2 is 1.19 bits per heavy atom. The van der Waals surface area contributed by atoms with Gasteiger partial charge in [-0.1, -0.05) is 60.7 Å². The lowest BCUT2D eigenvalue weighted by atomic mass is 10.1. The average molecular weight is 396 g/mol. The number of rotatable bonds is 5. The van der Waals surface area contributed by atoms with Crippen LogP contribution in [-0.4, -0.2) is 41.9 Å². The van der Waals surface area contributed by atoms with Gasteiger partial charge >= 0.3 is 0 Å².